The molecule has 222 valence electrons. The first kappa shape index (κ1) is 29.7. The van der Waals surface area contributed by atoms with Crippen LogP contribution in [0.25, 0.3) is 17.0 Å². The molecule has 10 nitrogen and oxygen atoms in total. The van der Waals surface area contributed by atoms with Crippen LogP contribution >= 0.6 is 11.6 Å². The van der Waals surface area contributed by atoms with Crippen molar-refractivity contribution in [2.45, 2.75) is 45.8 Å². The molecule has 11 heteroatoms. The van der Waals surface area contributed by atoms with Gasteiger partial charge in [0.25, 0.3) is 0 Å². The van der Waals surface area contributed by atoms with Gasteiger partial charge in [-0.05, 0) is 58.9 Å². The highest BCUT2D eigenvalue weighted by molar-refractivity contribution is 6.33. The Morgan fingerprint density at radius 2 is 1.95 bits per heavy atom. The fourth-order valence-electron chi connectivity index (χ4n) is 6.36. The normalized spacial score (nSPS) is 20.3. The second-order valence-electron chi connectivity index (χ2n) is 11.7. The number of hydrogen-bond acceptors (Lipinski definition) is 10. The van der Waals surface area contributed by atoms with Gasteiger partial charge < -0.3 is 35.3 Å². The van der Waals surface area contributed by atoms with Gasteiger partial charge in [-0.15, -0.1) is 0 Å². The van der Waals surface area contributed by atoms with Crippen molar-refractivity contribution in [3.05, 3.63) is 40.2 Å². The van der Waals surface area contributed by atoms with Crippen LogP contribution in [-0.4, -0.2) is 103 Å². The summed E-state index contributed by atoms with van der Waals surface area (Å²) in [5, 5.41) is 32.4. The van der Waals surface area contributed by atoms with E-state index >= 15 is 0 Å². The van der Waals surface area contributed by atoms with Gasteiger partial charge in [-0.25, -0.2) is 9.97 Å². The van der Waals surface area contributed by atoms with Crippen molar-refractivity contribution in [3.8, 4) is 17.1 Å². The van der Waals surface area contributed by atoms with Crippen molar-refractivity contribution in [3.63, 3.8) is 0 Å². The molecule has 0 radical (unpaired) electrons. The number of benzene rings is 1. The van der Waals surface area contributed by atoms with Gasteiger partial charge in [0.1, 0.15) is 30.0 Å². The molecular weight excluding hydrogens is 544 g/mol. The molecule has 3 fully saturated rings. The van der Waals surface area contributed by atoms with Crippen LogP contribution in [0.2, 0.25) is 5.02 Å². The largest absolute Gasteiger partial charge is 0.512 e. The number of anilines is 1. The number of nitrogens with one attached hydrogen (secondary N) is 2. The number of hydrogen-bond donors (Lipinski definition) is 4. The van der Waals surface area contributed by atoms with Gasteiger partial charge in [-0.1, -0.05) is 11.6 Å². The third kappa shape index (κ3) is 6.22. The maximum absolute atomic E-state index is 10.5. The molecule has 41 heavy (non-hydrogen) atoms. The van der Waals surface area contributed by atoms with E-state index < -0.39 is 6.10 Å². The van der Waals surface area contributed by atoms with E-state index in [1.165, 1.54) is 12.8 Å². The van der Waals surface area contributed by atoms with E-state index in [0.717, 1.165) is 50.8 Å². The Kier molecular flexibility index (Phi) is 8.87. The second kappa shape index (κ2) is 12.2. The number of likely N-dealkylation sites (N-methyl/N-ethyl adjacent to an activating group) is 1. The summed E-state index contributed by atoms with van der Waals surface area (Å²) in [6.07, 6.45) is 1.70. The Hall–Kier alpha value is -2.76. The van der Waals surface area contributed by atoms with E-state index in [9.17, 15) is 10.2 Å². The Morgan fingerprint density at radius 1 is 1.24 bits per heavy atom. The molecule has 1 aliphatic carbocycles. The van der Waals surface area contributed by atoms with Crippen LogP contribution in [0.1, 0.15) is 37.9 Å². The number of morpholine rings is 1. The monoisotopic (exact) mass is 584 g/mol. The van der Waals surface area contributed by atoms with E-state index in [2.05, 4.69) is 15.1 Å². The fourth-order valence-corrected chi connectivity index (χ4v) is 6.56. The molecule has 2 aromatic rings. The summed E-state index contributed by atoms with van der Waals surface area (Å²) in [4.78, 5) is 14.7. The number of allylic oxidation sites excluding steroid dienone is 2. The molecule has 0 unspecified atom stereocenters. The number of aromatic nitrogens is 2. The quantitative estimate of drug-likeness (QED) is 0.244. The molecular formula is C30H41ClN6O4. The van der Waals surface area contributed by atoms with Gasteiger partial charge in [0.05, 0.1) is 29.5 Å². The number of halogens is 1. The minimum atomic E-state index is -0.656. The van der Waals surface area contributed by atoms with Gasteiger partial charge in [0, 0.05) is 61.0 Å². The average Bonchev–Trinajstić information content (AvgIpc) is 2.89. The molecule has 2 saturated heterocycles. The third-order valence-electron chi connectivity index (χ3n) is 8.41. The maximum atomic E-state index is 10.5. The van der Waals surface area contributed by atoms with Gasteiger partial charge in [-0.3, -0.25) is 4.90 Å². The number of aliphatic hydroxyl groups is 2. The molecule has 1 atom stereocenters. The highest BCUT2D eigenvalue weighted by Gasteiger charge is 2.54. The Morgan fingerprint density at radius 3 is 2.59 bits per heavy atom. The predicted molar refractivity (Wildman–Crippen MR) is 161 cm³/mol. The lowest BCUT2D eigenvalue weighted by Crippen LogP contribution is -2.67. The maximum Gasteiger partial charge on any atom is 0.163 e. The molecule has 0 amide bonds. The lowest BCUT2D eigenvalue weighted by atomic mass is 9.60. The van der Waals surface area contributed by atoms with E-state index in [1.54, 1.807) is 39.1 Å². The zero-order valence-electron chi connectivity index (χ0n) is 24.3. The summed E-state index contributed by atoms with van der Waals surface area (Å²) in [6, 6.07) is 5.88. The molecule has 1 saturated carbocycles. The summed E-state index contributed by atoms with van der Waals surface area (Å²) in [7, 11) is 1.77. The molecule has 1 aromatic heterocycles. The first-order valence-corrected chi connectivity index (χ1v) is 14.6. The van der Waals surface area contributed by atoms with Gasteiger partial charge in [0.2, 0.25) is 0 Å². The highest BCUT2D eigenvalue weighted by Crippen LogP contribution is 2.52. The van der Waals surface area contributed by atoms with E-state index in [-0.39, 0.29) is 18.1 Å². The lowest BCUT2D eigenvalue weighted by molar-refractivity contribution is -0.0611. The molecule has 0 bridgehead atoms. The van der Waals surface area contributed by atoms with Crippen molar-refractivity contribution in [1.29, 1.82) is 5.41 Å². The number of rotatable bonds is 10. The first-order chi connectivity index (χ1) is 19.6. The molecule has 2 aliphatic heterocycles. The highest BCUT2D eigenvalue weighted by atomic mass is 35.5. The van der Waals surface area contributed by atoms with Crippen molar-refractivity contribution >= 4 is 28.7 Å². The minimum Gasteiger partial charge on any atom is -0.512 e. The van der Waals surface area contributed by atoms with E-state index in [0.29, 0.717) is 51.4 Å². The summed E-state index contributed by atoms with van der Waals surface area (Å²) >= 11 is 6.66. The molecule has 3 heterocycles. The van der Waals surface area contributed by atoms with Gasteiger partial charge >= 0.3 is 0 Å². The van der Waals surface area contributed by atoms with E-state index in [1.807, 2.05) is 6.92 Å². The molecule has 5 rings (SSSR count). The Bertz CT molecular complexity index is 1310. The molecule has 4 N–H and O–H groups in total. The third-order valence-corrected chi connectivity index (χ3v) is 8.74. The van der Waals surface area contributed by atoms with Crippen LogP contribution in [0.3, 0.4) is 0 Å². The first-order valence-electron chi connectivity index (χ1n) is 14.3. The van der Waals surface area contributed by atoms with Crippen LogP contribution < -0.4 is 15.0 Å². The molecule has 3 aliphatic rings. The summed E-state index contributed by atoms with van der Waals surface area (Å²) in [5.74, 6) is 1.76. The van der Waals surface area contributed by atoms with Crippen LogP contribution in [0.4, 0.5) is 5.82 Å². The topological polar surface area (TPSA) is 127 Å². The standard InChI is InChI=1S/C30H41ClN6O4/c1-18-27(26(19(2)32)20(3)38)34-28(24-11-23(5-6-25(24)31)41-15-22(39)14-33-4)35-29(18)37-16-30(17-37)12-21(13-30)36-7-9-40-10-8-36/h5-6,11,21-22,32-33,38-39H,7-10,12-17H2,1-4H3/b26-20+,32-19?/t22-/m1/s1. The number of ether oxygens (including phenoxy) is 2. The Labute approximate surface area is 246 Å². The lowest BCUT2D eigenvalue weighted by Gasteiger charge is -2.61. The fraction of sp³-hybridized carbons (Fsp3) is 0.567. The summed E-state index contributed by atoms with van der Waals surface area (Å²) < 4.78 is 11.4. The molecule has 1 spiro atoms. The SMILES string of the molecule is CNC[C@@H](O)COc1ccc(Cl)c(-c2nc(/C(C(C)=N)=C(\C)O)c(C)c(N3CC4(CC(N5CCOCC5)C4)C3)n2)c1. The van der Waals surface area contributed by atoms with Crippen molar-refractivity contribution < 1.29 is 19.7 Å². The molecule has 1 aromatic carbocycles. The van der Waals surface area contributed by atoms with Crippen LogP contribution in [0.5, 0.6) is 5.75 Å². The van der Waals surface area contributed by atoms with Crippen molar-refractivity contribution in [1.82, 2.24) is 20.2 Å². The van der Waals surface area contributed by atoms with Crippen LogP contribution in [-0.2, 0) is 4.74 Å². The second-order valence-corrected chi connectivity index (χ2v) is 12.1. The minimum absolute atomic E-state index is 0.0327. The van der Waals surface area contributed by atoms with E-state index in [4.69, 9.17) is 36.5 Å². The Balaban J connectivity index is 1.44. The average molecular weight is 585 g/mol. The predicted octanol–water partition coefficient (Wildman–Crippen LogP) is 3.69. The van der Waals surface area contributed by atoms with Crippen LogP contribution in [0, 0.1) is 17.7 Å². The van der Waals surface area contributed by atoms with Gasteiger partial charge in [-0.2, -0.15) is 0 Å². The smallest absolute Gasteiger partial charge is 0.163 e. The summed E-state index contributed by atoms with van der Waals surface area (Å²) in [6.45, 7) is 11.2. The van der Waals surface area contributed by atoms with Gasteiger partial charge in [0.15, 0.2) is 5.82 Å². The summed E-state index contributed by atoms with van der Waals surface area (Å²) in [5.41, 5.74) is 2.82. The van der Waals surface area contributed by atoms with Crippen molar-refractivity contribution in [2.24, 2.45) is 5.41 Å². The number of nitrogens with zero attached hydrogens (tertiary/aromatic N) is 4. The van der Waals surface area contributed by atoms with Crippen LogP contribution in [0.15, 0.2) is 24.0 Å². The number of aliphatic hydroxyl groups excluding tert-OH is 2. The van der Waals surface area contributed by atoms with Crippen molar-refractivity contribution in [2.75, 3.05) is 64.5 Å². The zero-order chi connectivity index (χ0) is 29.3. The zero-order valence-corrected chi connectivity index (χ0v) is 25.1.